The van der Waals surface area contributed by atoms with Crippen LogP contribution in [0.4, 0.5) is 11.4 Å². The fraction of sp³-hybridized carbons (Fsp3) is 0.562. The number of nitrogens with zero attached hydrogens (tertiary/aromatic N) is 1. The van der Waals surface area contributed by atoms with E-state index in [4.69, 9.17) is 5.73 Å². The molecule has 0 saturated heterocycles. The maximum absolute atomic E-state index is 13.0. The van der Waals surface area contributed by atoms with Gasteiger partial charge in [0.1, 0.15) is 0 Å². The predicted molar refractivity (Wildman–Crippen MR) is 78.1 cm³/mol. The van der Waals surface area contributed by atoms with Crippen molar-refractivity contribution in [2.75, 3.05) is 17.2 Å². The Morgan fingerprint density at radius 3 is 2.79 bits per heavy atom. The van der Waals surface area contributed by atoms with Gasteiger partial charge in [0, 0.05) is 28.9 Å². The Bertz CT molecular complexity index is 503. The molecule has 1 aromatic rings. The largest absolute Gasteiger partial charge is 0.398 e. The molecule has 1 aromatic carbocycles. The van der Waals surface area contributed by atoms with E-state index in [0.717, 1.165) is 49.2 Å². The Morgan fingerprint density at radius 1 is 1.37 bits per heavy atom. The zero-order chi connectivity index (χ0) is 13.5. The molecular formula is C16H22N2O. The number of hydrogen-bond acceptors (Lipinski definition) is 2. The summed E-state index contributed by atoms with van der Waals surface area (Å²) in [5.41, 5.74) is 8.93. The molecule has 3 rings (SSSR count). The van der Waals surface area contributed by atoms with E-state index in [1.54, 1.807) is 0 Å². The van der Waals surface area contributed by atoms with Crippen LogP contribution in [0.2, 0.25) is 0 Å². The Morgan fingerprint density at radius 2 is 2.11 bits per heavy atom. The molecule has 102 valence electrons. The van der Waals surface area contributed by atoms with Crippen molar-refractivity contribution in [3.05, 3.63) is 23.8 Å². The quantitative estimate of drug-likeness (QED) is 0.828. The van der Waals surface area contributed by atoms with Crippen LogP contribution in [-0.4, -0.2) is 12.5 Å². The Kier molecular flexibility index (Phi) is 3.00. The highest BCUT2D eigenvalue weighted by Crippen LogP contribution is 2.45. The lowest BCUT2D eigenvalue weighted by molar-refractivity contribution is -0.128. The van der Waals surface area contributed by atoms with E-state index in [1.807, 2.05) is 23.1 Å². The first kappa shape index (κ1) is 12.5. The second-order valence-corrected chi connectivity index (χ2v) is 5.89. The van der Waals surface area contributed by atoms with Gasteiger partial charge in [0.25, 0.3) is 0 Å². The standard InChI is InChI=1S/C16H22N2O/c1-2-16(9-3-4-10-16)15(19)18-11-8-12-13(17)6-5-7-14(12)18/h5-7H,2-4,8-11,17H2,1H3. The number of nitrogens with two attached hydrogens (primary N) is 1. The molecule has 0 radical (unpaired) electrons. The topological polar surface area (TPSA) is 46.3 Å². The number of rotatable bonds is 2. The number of amides is 1. The molecule has 1 saturated carbocycles. The highest BCUT2D eigenvalue weighted by Gasteiger charge is 2.43. The van der Waals surface area contributed by atoms with Crippen molar-refractivity contribution >= 4 is 17.3 Å². The van der Waals surface area contributed by atoms with Gasteiger partial charge in [-0.2, -0.15) is 0 Å². The number of carbonyl (C=O) groups is 1. The summed E-state index contributed by atoms with van der Waals surface area (Å²) in [6, 6.07) is 5.92. The molecule has 0 unspecified atom stereocenters. The van der Waals surface area contributed by atoms with Gasteiger partial charge < -0.3 is 10.6 Å². The number of fused-ring (bicyclic) bond motifs is 1. The Hall–Kier alpha value is -1.51. The smallest absolute Gasteiger partial charge is 0.233 e. The van der Waals surface area contributed by atoms with Gasteiger partial charge >= 0.3 is 0 Å². The van der Waals surface area contributed by atoms with Crippen molar-refractivity contribution in [3.8, 4) is 0 Å². The molecule has 1 aliphatic carbocycles. The van der Waals surface area contributed by atoms with E-state index in [9.17, 15) is 4.79 Å². The third kappa shape index (κ3) is 1.83. The summed E-state index contributed by atoms with van der Waals surface area (Å²) in [6.45, 7) is 2.95. The fourth-order valence-corrected chi connectivity index (χ4v) is 3.73. The summed E-state index contributed by atoms with van der Waals surface area (Å²) in [4.78, 5) is 14.9. The average Bonchev–Trinajstić information content (AvgIpc) is 3.06. The molecule has 1 heterocycles. The highest BCUT2D eigenvalue weighted by molar-refractivity contribution is 6.00. The van der Waals surface area contributed by atoms with Crippen LogP contribution in [-0.2, 0) is 11.2 Å². The van der Waals surface area contributed by atoms with Crippen LogP contribution >= 0.6 is 0 Å². The second kappa shape index (κ2) is 4.55. The molecule has 1 aliphatic heterocycles. The Balaban J connectivity index is 1.93. The van der Waals surface area contributed by atoms with Gasteiger partial charge in [0.2, 0.25) is 5.91 Å². The maximum Gasteiger partial charge on any atom is 0.233 e. The minimum Gasteiger partial charge on any atom is -0.398 e. The van der Waals surface area contributed by atoms with E-state index in [2.05, 4.69) is 6.92 Å². The summed E-state index contributed by atoms with van der Waals surface area (Å²) in [7, 11) is 0. The summed E-state index contributed by atoms with van der Waals surface area (Å²) < 4.78 is 0. The van der Waals surface area contributed by atoms with Gasteiger partial charge in [-0.1, -0.05) is 25.8 Å². The van der Waals surface area contributed by atoms with Gasteiger partial charge in [-0.05, 0) is 37.8 Å². The highest BCUT2D eigenvalue weighted by atomic mass is 16.2. The minimum atomic E-state index is -0.105. The molecule has 0 atom stereocenters. The average molecular weight is 258 g/mol. The minimum absolute atomic E-state index is 0.105. The summed E-state index contributed by atoms with van der Waals surface area (Å²) in [6.07, 6.45) is 6.34. The van der Waals surface area contributed by atoms with Crippen molar-refractivity contribution in [2.24, 2.45) is 5.41 Å². The second-order valence-electron chi connectivity index (χ2n) is 5.89. The molecule has 0 spiro atoms. The van der Waals surface area contributed by atoms with Crippen molar-refractivity contribution in [1.82, 2.24) is 0 Å². The summed E-state index contributed by atoms with van der Waals surface area (Å²) in [5.74, 6) is 0.330. The maximum atomic E-state index is 13.0. The molecule has 3 heteroatoms. The monoisotopic (exact) mass is 258 g/mol. The SMILES string of the molecule is CCC1(C(=O)N2CCc3c(N)cccc32)CCCC1. The zero-order valence-electron chi connectivity index (χ0n) is 11.6. The number of hydrogen-bond donors (Lipinski definition) is 1. The lowest BCUT2D eigenvalue weighted by Gasteiger charge is -2.31. The van der Waals surface area contributed by atoms with Crippen LogP contribution in [0.3, 0.4) is 0 Å². The molecule has 2 N–H and O–H groups in total. The van der Waals surface area contributed by atoms with Crippen LogP contribution in [0.1, 0.15) is 44.6 Å². The molecule has 3 nitrogen and oxygen atoms in total. The van der Waals surface area contributed by atoms with Gasteiger partial charge in [-0.15, -0.1) is 0 Å². The summed E-state index contributed by atoms with van der Waals surface area (Å²) >= 11 is 0. The van der Waals surface area contributed by atoms with E-state index >= 15 is 0 Å². The van der Waals surface area contributed by atoms with Crippen molar-refractivity contribution in [2.45, 2.75) is 45.4 Å². The fourth-order valence-electron chi connectivity index (χ4n) is 3.73. The lowest BCUT2D eigenvalue weighted by Crippen LogP contribution is -2.41. The molecule has 0 bridgehead atoms. The third-order valence-electron chi connectivity index (χ3n) is 5.00. The van der Waals surface area contributed by atoms with Gasteiger partial charge in [0.05, 0.1) is 0 Å². The molecule has 19 heavy (non-hydrogen) atoms. The van der Waals surface area contributed by atoms with E-state index in [1.165, 1.54) is 12.8 Å². The van der Waals surface area contributed by atoms with Gasteiger partial charge in [0.15, 0.2) is 0 Å². The number of carbonyl (C=O) groups excluding carboxylic acids is 1. The van der Waals surface area contributed by atoms with Crippen LogP contribution < -0.4 is 10.6 Å². The van der Waals surface area contributed by atoms with Crippen molar-refractivity contribution in [3.63, 3.8) is 0 Å². The van der Waals surface area contributed by atoms with E-state index < -0.39 is 0 Å². The van der Waals surface area contributed by atoms with Crippen LogP contribution in [0.25, 0.3) is 0 Å². The van der Waals surface area contributed by atoms with Crippen LogP contribution in [0.5, 0.6) is 0 Å². The first-order valence-electron chi connectivity index (χ1n) is 7.37. The molecule has 2 aliphatic rings. The van der Waals surface area contributed by atoms with Crippen molar-refractivity contribution in [1.29, 1.82) is 0 Å². The molecule has 1 fully saturated rings. The zero-order valence-corrected chi connectivity index (χ0v) is 11.6. The third-order valence-corrected chi connectivity index (χ3v) is 5.00. The normalized spacial score (nSPS) is 20.6. The van der Waals surface area contributed by atoms with Gasteiger partial charge in [-0.25, -0.2) is 0 Å². The first-order chi connectivity index (χ1) is 9.18. The van der Waals surface area contributed by atoms with E-state index in [0.29, 0.717) is 5.91 Å². The Labute approximate surface area is 114 Å². The molecule has 0 aromatic heterocycles. The van der Waals surface area contributed by atoms with Crippen molar-refractivity contribution < 1.29 is 4.79 Å². The molecular weight excluding hydrogens is 236 g/mol. The predicted octanol–water partition coefficient (Wildman–Crippen LogP) is 3.13. The molecule has 1 amide bonds. The first-order valence-corrected chi connectivity index (χ1v) is 7.37. The summed E-state index contributed by atoms with van der Waals surface area (Å²) in [5, 5.41) is 0. The number of anilines is 2. The number of nitrogen functional groups attached to an aromatic ring is 1. The van der Waals surface area contributed by atoms with Crippen LogP contribution in [0.15, 0.2) is 18.2 Å². The van der Waals surface area contributed by atoms with Crippen LogP contribution in [0, 0.1) is 5.41 Å². The number of benzene rings is 1. The lowest BCUT2D eigenvalue weighted by atomic mass is 9.82. The van der Waals surface area contributed by atoms with E-state index in [-0.39, 0.29) is 5.41 Å². The van der Waals surface area contributed by atoms with Gasteiger partial charge in [-0.3, -0.25) is 4.79 Å².